The zero-order chi connectivity index (χ0) is 24.5. The minimum absolute atomic E-state index is 0.110. The first kappa shape index (κ1) is 23.3. The smallest absolute Gasteiger partial charge is 0.295 e. The largest absolute Gasteiger partial charge is 0.505 e. The third-order valence-electron chi connectivity index (χ3n) is 6.84. The summed E-state index contributed by atoms with van der Waals surface area (Å²) >= 11 is 0. The van der Waals surface area contributed by atoms with E-state index >= 15 is 0 Å². The SMILES string of the molecule is Cc1ccc(C2/C(=C(\O)c3c(C)nc4ccccn34)C(=O)C(=O)N2CCCN2CCOCC2)cc1. The molecular formula is C27H30N4O4. The average Bonchev–Trinajstić information content (AvgIpc) is 3.33. The van der Waals surface area contributed by atoms with Crippen molar-refractivity contribution in [3.63, 3.8) is 0 Å². The van der Waals surface area contributed by atoms with Crippen LogP contribution in [0.2, 0.25) is 0 Å². The van der Waals surface area contributed by atoms with Crippen LogP contribution >= 0.6 is 0 Å². The lowest BCUT2D eigenvalue weighted by molar-refractivity contribution is -0.140. The molecule has 1 amide bonds. The summed E-state index contributed by atoms with van der Waals surface area (Å²) in [6.07, 6.45) is 2.52. The molecule has 1 N–H and O–H groups in total. The molecule has 2 aliphatic rings. The van der Waals surface area contributed by atoms with Crippen LogP contribution in [0.1, 0.15) is 35.0 Å². The van der Waals surface area contributed by atoms with Gasteiger partial charge in [-0.25, -0.2) is 4.98 Å². The van der Waals surface area contributed by atoms with E-state index in [1.54, 1.807) is 22.4 Å². The van der Waals surface area contributed by atoms with Crippen molar-refractivity contribution in [2.24, 2.45) is 0 Å². The number of rotatable bonds is 6. The van der Waals surface area contributed by atoms with Crippen molar-refractivity contribution in [1.82, 2.24) is 19.2 Å². The number of aryl methyl sites for hydroxylation is 2. The number of amides is 1. The second kappa shape index (κ2) is 9.64. The lowest BCUT2D eigenvalue weighted by Gasteiger charge is -2.29. The van der Waals surface area contributed by atoms with E-state index in [4.69, 9.17) is 4.74 Å². The molecule has 2 saturated heterocycles. The number of aliphatic hydroxyl groups is 1. The Morgan fingerprint density at radius 1 is 1.06 bits per heavy atom. The first-order valence-corrected chi connectivity index (χ1v) is 12.0. The summed E-state index contributed by atoms with van der Waals surface area (Å²) in [7, 11) is 0. The third kappa shape index (κ3) is 4.35. The topological polar surface area (TPSA) is 87.4 Å². The molecule has 1 atom stereocenters. The molecule has 1 unspecified atom stereocenters. The van der Waals surface area contributed by atoms with Gasteiger partial charge in [-0.2, -0.15) is 0 Å². The van der Waals surface area contributed by atoms with Gasteiger partial charge in [0.1, 0.15) is 11.3 Å². The molecule has 8 heteroatoms. The minimum atomic E-state index is -0.662. The number of ketones is 1. The molecule has 2 fully saturated rings. The van der Waals surface area contributed by atoms with Gasteiger partial charge >= 0.3 is 0 Å². The van der Waals surface area contributed by atoms with Crippen LogP contribution in [-0.2, 0) is 14.3 Å². The van der Waals surface area contributed by atoms with Crippen LogP contribution in [0.25, 0.3) is 11.4 Å². The van der Waals surface area contributed by atoms with Gasteiger partial charge in [0.05, 0.1) is 30.5 Å². The van der Waals surface area contributed by atoms with Crippen molar-refractivity contribution < 1.29 is 19.4 Å². The number of Topliss-reactive ketones (excluding diaryl/α,β-unsaturated/α-hetero) is 1. The highest BCUT2D eigenvalue weighted by Crippen LogP contribution is 2.40. The summed E-state index contributed by atoms with van der Waals surface area (Å²) in [5.74, 6) is -1.43. The highest BCUT2D eigenvalue weighted by Gasteiger charge is 2.46. The maximum Gasteiger partial charge on any atom is 0.295 e. The van der Waals surface area contributed by atoms with Crippen LogP contribution in [-0.4, -0.2) is 75.4 Å². The number of benzene rings is 1. The maximum atomic E-state index is 13.3. The van der Waals surface area contributed by atoms with Crippen LogP contribution < -0.4 is 0 Å². The van der Waals surface area contributed by atoms with Gasteiger partial charge in [0.25, 0.3) is 11.7 Å². The van der Waals surface area contributed by atoms with E-state index in [-0.39, 0.29) is 11.3 Å². The monoisotopic (exact) mass is 474 g/mol. The Hall–Kier alpha value is -3.49. The van der Waals surface area contributed by atoms with Crippen LogP contribution in [0, 0.1) is 13.8 Å². The van der Waals surface area contributed by atoms with Crippen molar-refractivity contribution in [3.8, 4) is 0 Å². The van der Waals surface area contributed by atoms with E-state index in [1.165, 1.54) is 0 Å². The van der Waals surface area contributed by atoms with E-state index in [1.807, 2.05) is 49.4 Å². The van der Waals surface area contributed by atoms with E-state index < -0.39 is 17.7 Å². The molecule has 35 heavy (non-hydrogen) atoms. The molecule has 0 aliphatic carbocycles. The van der Waals surface area contributed by atoms with E-state index in [2.05, 4.69) is 9.88 Å². The molecule has 3 aromatic rings. The highest BCUT2D eigenvalue weighted by atomic mass is 16.5. The number of fused-ring (bicyclic) bond motifs is 1. The van der Waals surface area contributed by atoms with Crippen LogP contribution in [0.5, 0.6) is 0 Å². The fourth-order valence-corrected chi connectivity index (χ4v) is 5.02. The molecule has 4 heterocycles. The number of likely N-dealkylation sites (tertiary alicyclic amines) is 1. The number of morpholine rings is 1. The molecule has 0 saturated carbocycles. The second-order valence-corrected chi connectivity index (χ2v) is 9.19. The van der Waals surface area contributed by atoms with Gasteiger partial charge in [-0.3, -0.25) is 18.9 Å². The number of aromatic nitrogens is 2. The lowest BCUT2D eigenvalue weighted by Crippen LogP contribution is -2.38. The Balaban J connectivity index is 1.54. The predicted octanol–water partition coefficient (Wildman–Crippen LogP) is 3.10. The number of aliphatic hydroxyl groups excluding tert-OH is 1. The summed E-state index contributed by atoms with van der Waals surface area (Å²) < 4.78 is 7.17. The van der Waals surface area contributed by atoms with Crippen LogP contribution in [0.3, 0.4) is 0 Å². The van der Waals surface area contributed by atoms with E-state index in [0.29, 0.717) is 36.8 Å². The number of nitrogens with zero attached hydrogens (tertiary/aromatic N) is 4. The number of hydrogen-bond donors (Lipinski definition) is 1. The molecule has 182 valence electrons. The van der Waals surface area contributed by atoms with Crippen LogP contribution in [0.15, 0.2) is 54.2 Å². The fourth-order valence-electron chi connectivity index (χ4n) is 5.02. The summed E-state index contributed by atoms with van der Waals surface area (Å²) in [5, 5.41) is 11.5. The Morgan fingerprint density at radius 3 is 2.54 bits per heavy atom. The first-order valence-electron chi connectivity index (χ1n) is 12.0. The molecule has 0 radical (unpaired) electrons. The number of carbonyl (C=O) groups is 2. The molecular weight excluding hydrogens is 444 g/mol. The Bertz CT molecular complexity index is 1290. The first-order chi connectivity index (χ1) is 17.0. The summed E-state index contributed by atoms with van der Waals surface area (Å²) in [4.78, 5) is 35.0. The fraction of sp³-hybridized carbons (Fsp3) is 0.370. The van der Waals surface area contributed by atoms with Crippen LogP contribution in [0.4, 0.5) is 0 Å². The van der Waals surface area contributed by atoms with Crippen molar-refractivity contribution in [3.05, 3.63) is 76.7 Å². The van der Waals surface area contributed by atoms with Gasteiger partial charge < -0.3 is 14.7 Å². The van der Waals surface area contributed by atoms with Gasteiger partial charge in [0.15, 0.2) is 5.76 Å². The number of imidazole rings is 1. The van der Waals surface area contributed by atoms with Crippen molar-refractivity contribution >= 4 is 23.1 Å². The quantitative estimate of drug-likeness (QED) is 0.336. The molecule has 2 aromatic heterocycles. The summed E-state index contributed by atoms with van der Waals surface area (Å²) in [6.45, 7) is 8.19. The molecule has 5 rings (SSSR count). The zero-order valence-electron chi connectivity index (χ0n) is 20.1. The van der Waals surface area contributed by atoms with E-state index in [0.717, 1.165) is 37.2 Å². The molecule has 0 spiro atoms. The minimum Gasteiger partial charge on any atom is -0.505 e. The zero-order valence-corrected chi connectivity index (χ0v) is 20.1. The Labute approximate surface area is 204 Å². The molecule has 8 nitrogen and oxygen atoms in total. The Kier molecular flexibility index (Phi) is 6.40. The number of carbonyl (C=O) groups excluding carboxylic acids is 2. The van der Waals surface area contributed by atoms with Crippen molar-refractivity contribution in [2.75, 3.05) is 39.4 Å². The van der Waals surface area contributed by atoms with E-state index in [9.17, 15) is 14.7 Å². The average molecular weight is 475 g/mol. The number of hydrogen-bond acceptors (Lipinski definition) is 6. The highest BCUT2D eigenvalue weighted by molar-refractivity contribution is 6.46. The molecule has 1 aromatic carbocycles. The van der Waals surface area contributed by atoms with Gasteiger partial charge in [-0.1, -0.05) is 35.9 Å². The van der Waals surface area contributed by atoms with Gasteiger partial charge in [0.2, 0.25) is 0 Å². The standard InChI is InChI=1S/C27H30N4O4/c1-18-7-9-20(10-8-18)24-22(25(32)23-19(2)28-21-6-3-4-12-30(21)23)26(33)27(34)31(24)13-5-11-29-14-16-35-17-15-29/h3-4,6-10,12,24,32H,5,11,13-17H2,1-2H3/b25-22+. The summed E-state index contributed by atoms with van der Waals surface area (Å²) in [5.41, 5.74) is 3.68. The second-order valence-electron chi connectivity index (χ2n) is 9.19. The summed E-state index contributed by atoms with van der Waals surface area (Å²) in [6, 6.07) is 12.7. The van der Waals surface area contributed by atoms with Gasteiger partial charge in [-0.05, 0) is 38.0 Å². The predicted molar refractivity (Wildman–Crippen MR) is 132 cm³/mol. The van der Waals surface area contributed by atoms with Crippen molar-refractivity contribution in [1.29, 1.82) is 0 Å². The van der Waals surface area contributed by atoms with Gasteiger partial charge in [0, 0.05) is 32.4 Å². The number of pyridine rings is 1. The Morgan fingerprint density at radius 2 is 1.80 bits per heavy atom. The maximum absolute atomic E-state index is 13.3. The third-order valence-corrected chi connectivity index (χ3v) is 6.84. The lowest BCUT2D eigenvalue weighted by atomic mass is 9.95. The van der Waals surface area contributed by atoms with Gasteiger partial charge in [-0.15, -0.1) is 0 Å². The van der Waals surface area contributed by atoms with Crippen molar-refractivity contribution in [2.45, 2.75) is 26.3 Å². The molecule has 2 aliphatic heterocycles. The normalized spacial score (nSPS) is 20.7. The number of ether oxygens (including phenoxy) is 1. The molecule has 0 bridgehead atoms.